The normalized spacial score (nSPS) is 16.2. The van der Waals surface area contributed by atoms with Gasteiger partial charge in [-0.15, -0.1) is 11.3 Å². The first kappa shape index (κ1) is 14.1. The van der Waals surface area contributed by atoms with Crippen LogP contribution in [0.3, 0.4) is 0 Å². The molecule has 1 N–H and O–H groups in total. The maximum atomic E-state index is 12.2. The minimum absolute atomic E-state index is 0.0430. The van der Waals surface area contributed by atoms with Gasteiger partial charge in [0.2, 0.25) is 0 Å². The van der Waals surface area contributed by atoms with Gasteiger partial charge in [-0.05, 0) is 19.8 Å². The van der Waals surface area contributed by atoms with Gasteiger partial charge in [0.1, 0.15) is 5.69 Å². The van der Waals surface area contributed by atoms with Gasteiger partial charge in [-0.2, -0.15) is 0 Å². The number of hydrogen-bond acceptors (Lipinski definition) is 5. The highest BCUT2D eigenvalue weighted by Crippen LogP contribution is 2.24. The number of aryl methyl sites for hydroxylation is 2. The summed E-state index contributed by atoms with van der Waals surface area (Å²) < 4.78 is 1.74. The molecule has 0 saturated carbocycles. The van der Waals surface area contributed by atoms with Crippen LogP contribution in [-0.4, -0.2) is 39.6 Å². The lowest BCUT2D eigenvalue weighted by Gasteiger charge is -2.32. The first-order valence-corrected chi connectivity index (χ1v) is 7.89. The average molecular weight is 305 g/mol. The number of piperidine rings is 1. The average Bonchev–Trinajstić information content (AvgIpc) is 3.08. The second-order valence-electron chi connectivity index (χ2n) is 5.38. The number of thiazole rings is 1. The van der Waals surface area contributed by atoms with Crippen LogP contribution in [-0.2, 0) is 7.05 Å². The molecule has 7 heteroatoms. The number of carbonyl (C=O) groups is 1. The Morgan fingerprint density at radius 3 is 2.71 bits per heavy atom. The lowest BCUT2D eigenvalue weighted by atomic mass is 10.1. The van der Waals surface area contributed by atoms with Gasteiger partial charge < -0.3 is 14.8 Å². The third-order valence-electron chi connectivity index (χ3n) is 3.76. The highest BCUT2D eigenvalue weighted by Gasteiger charge is 2.23. The van der Waals surface area contributed by atoms with Crippen LogP contribution in [0, 0.1) is 6.92 Å². The Morgan fingerprint density at radius 1 is 1.38 bits per heavy atom. The van der Waals surface area contributed by atoms with Crippen LogP contribution in [0.2, 0.25) is 0 Å². The number of nitrogens with zero attached hydrogens (tertiary/aromatic N) is 4. The lowest BCUT2D eigenvalue weighted by molar-refractivity contribution is 0.0923. The van der Waals surface area contributed by atoms with Crippen LogP contribution in [0.25, 0.3) is 0 Å². The molecule has 2 aromatic heterocycles. The van der Waals surface area contributed by atoms with Crippen molar-refractivity contribution in [2.45, 2.75) is 25.8 Å². The molecule has 1 aliphatic heterocycles. The number of aromatic nitrogens is 3. The van der Waals surface area contributed by atoms with Crippen molar-refractivity contribution in [3.63, 3.8) is 0 Å². The van der Waals surface area contributed by atoms with E-state index in [1.165, 1.54) is 4.88 Å². The number of amides is 1. The predicted octanol–water partition coefficient (Wildman–Crippen LogP) is 1.58. The zero-order valence-electron chi connectivity index (χ0n) is 12.2. The van der Waals surface area contributed by atoms with Crippen LogP contribution in [0.1, 0.15) is 28.2 Å². The molecule has 0 aromatic carbocycles. The Kier molecular flexibility index (Phi) is 3.92. The van der Waals surface area contributed by atoms with Gasteiger partial charge in [0, 0.05) is 37.3 Å². The van der Waals surface area contributed by atoms with Gasteiger partial charge in [-0.3, -0.25) is 4.79 Å². The van der Waals surface area contributed by atoms with E-state index in [1.54, 1.807) is 28.4 Å². The minimum atomic E-state index is -0.0430. The van der Waals surface area contributed by atoms with Crippen molar-refractivity contribution in [1.29, 1.82) is 0 Å². The lowest BCUT2D eigenvalue weighted by Crippen LogP contribution is -2.45. The highest BCUT2D eigenvalue weighted by molar-refractivity contribution is 7.15. The van der Waals surface area contributed by atoms with Crippen molar-refractivity contribution >= 4 is 22.4 Å². The number of anilines is 1. The number of rotatable bonds is 3. The van der Waals surface area contributed by atoms with Crippen LogP contribution in [0.5, 0.6) is 0 Å². The highest BCUT2D eigenvalue weighted by atomic mass is 32.1. The number of nitrogens with one attached hydrogen (secondary N) is 1. The van der Waals surface area contributed by atoms with Gasteiger partial charge in [-0.25, -0.2) is 9.97 Å². The zero-order valence-corrected chi connectivity index (χ0v) is 13.1. The number of hydrogen-bond donors (Lipinski definition) is 1. The van der Waals surface area contributed by atoms with Gasteiger partial charge >= 0.3 is 0 Å². The molecule has 0 unspecified atom stereocenters. The maximum Gasteiger partial charge on any atom is 0.269 e. The fourth-order valence-corrected chi connectivity index (χ4v) is 3.35. The molecule has 0 bridgehead atoms. The van der Waals surface area contributed by atoms with Crippen LogP contribution in [0.4, 0.5) is 5.13 Å². The van der Waals surface area contributed by atoms with Crippen LogP contribution >= 0.6 is 11.3 Å². The quantitative estimate of drug-likeness (QED) is 0.935. The van der Waals surface area contributed by atoms with Gasteiger partial charge in [0.05, 0.1) is 12.5 Å². The summed E-state index contributed by atoms with van der Waals surface area (Å²) in [5.41, 5.74) is 0.605. The van der Waals surface area contributed by atoms with E-state index in [9.17, 15) is 4.79 Å². The molecule has 6 nitrogen and oxygen atoms in total. The third-order valence-corrected chi connectivity index (χ3v) is 4.73. The monoisotopic (exact) mass is 305 g/mol. The standard InChI is InChI=1S/C14H19N5OS/c1-10-7-16-14(21-10)19-5-3-11(4-6-19)17-13(20)12-8-15-9-18(12)2/h7-9,11H,3-6H2,1-2H3,(H,17,20). The van der Waals surface area contributed by atoms with E-state index >= 15 is 0 Å². The molecule has 1 aliphatic rings. The summed E-state index contributed by atoms with van der Waals surface area (Å²) in [5.74, 6) is -0.0430. The molecular weight excluding hydrogens is 286 g/mol. The third kappa shape index (κ3) is 3.07. The van der Waals surface area contributed by atoms with Crippen molar-refractivity contribution in [3.05, 3.63) is 29.3 Å². The minimum Gasteiger partial charge on any atom is -0.348 e. The molecule has 0 radical (unpaired) electrons. The number of carbonyl (C=O) groups excluding carboxylic acids is 1. The molecule has 2 aromatic rings. The molecule has 1 amide bonds. The molecule has 1 fully saturated rings. The summed E-state index contributed by atoms with van der Waals surface area (Å²) >= 11 is 1.73. The van der Waals surface area contributed by atoms with Crippen molar-refractivity contribution in [2.24, 2.45) is 7.05 Å². The summed E-state index contributed by atoms with van der Waals surface area (Å²) in [4.78, 5) is 24.1. The van der Waals surface area contributed by atoms with Crippen LogP contribution < -0.4 is 10.2 Å². The topological polar surface area (TPSA) is 63.1 Å². The van der Waals surface area contributed by atoms with Crippen molar-refractivity contribution in [1.82, 2.24) is 19.9 Å². The van der Waals surface area contributed by atoms with E-state index in [1.807, 2.05) is 13.2 Å². The first-order chi connectivity index (χ1) is 10.1. The summed E-state index contributed by atoms with van der Waals surface area (Å²) in [7, 11) is 1.83. The smallest absolute Gasteiger partial charge is 0.269 e. The van der Waals surface area contributed by atoms with E-state index in [-0.39, 0.29) is 11.9 Å². The van der Waals surface area contributed by atoms with Crippen molar-refractivity contribution in [3.8, 4) is 0 Å². The molecule has 21 heavy (non-hydrogen) atoms. The Hall–Kier alpha value is -1.89. The molecule has 0 spiro atoms. The molecule has 112 valence electrons. The largest absolute Gasteiger partial charge is 0.348 e. The molecule has 0 atom stereocenters. The maximum absolute atomic E-state index is 12.2. The van der Waals surface area contributed by atoms with Crippen molar-refractivity contribution < 1.29 is 4.79 Å². The van der Waals surface area contributed by atoms with E-state index in [0.717, 1.165) is 31.1 Å². The van der Waals surface area contributed by atoms with Crippen molar-refractivity contribution in [2.75, 3.05) is 18.0 Å². The molecular formula is C14H19N5OS. The Morgan fingerprint density at radius 2 is 2.14 bits per heavy atom. The molecule has 3 rings (SSSR count). The second kappa shape index (κ2) is 5.85. The van der Waals surface area contributed by atoms with E-state index in [4.69, 9.17) is 0 Å². The fourth-order valence-electron chi connectivity index (χ4n) is 2.54. The Labute approximate surface area is 127 Å². The van der Waals surface area contributed by atoms with Gasteiger partial charge in [0.15, 0.2) is 5.13 Å². The Bertz CT molecular complexity index is 627. The first-order valence-electron chi connectivity index (χ1n) is 7.08. The summed E-state index contributed by atoms with van der Waals surface area (Å²) in [6, 6.07) is 0.227. The second-order valence-corrected chi connectivity index (χ2v) is 6.59. The van der Waals surface area contributed by atoms with E-state index in [0.29, 0.717) is 5.69 Å². The van der Waals surface area contributed by atoms with Crippen LogP contribution in [0.15, 0.2) is 18.7 Å². The SMILES string of the molecule is Cc1cnc(N2CCC(NC(=O)c3cncn3C)CC2)s1. The summed E-state index contributed by atoms with van der Waals surface area (Å²) in [5, 5.41) is 4.18. The van der Waals surface area contributed by atoms with E-state index < -0.39 is 0 Å². The van der Waals surface area contributed by atoms with Gasteiger partial charge in [0.25, 0.3) is 5.91 Å². The number of imidazole rings is 1. The van der Waals surface area contributed by atoms with Gasteiger partial charge in [-0.1, -0.05) is 0 Å². The zero-order chi connectivity index (χ0) is 14.8. The summed E-state index contributed by atoms with van der Waals surface area (Å²) in [6.07, 6.45) is 7.05. The fraction of sp³-hybridized carbons (Fsp3) is 0.500. The molecule has 0 aliphatic carbocycles. The molecule has 1 saturated heterocycles. The Balaban J connectivity index is 1.54. The molecule has 3 heterocycles. The summed E-state index contributed by atoms with van der Waals surface area (Å²) in [6.45, 7) is 3.94. The van der Waals surface area contributed by atoms with E-state index in [2.05, 4.69) is 27.1 Å². The predicted molar refractivity (Wildman–Crippen MR) is 82.8 cm³/mol.